The summed E-state index contributed by atoms with van der Waals surface area (Å²) in [4.78, 5) is 14.5. The number of piperidine rings is 1. The van der Waals surface area contributed by atoms with Crippen molar-refractivity contribution in [3.63, 3.8) is 0 Å². The van der Waals surface area contributed by atoms with E-state index in [1.54, 1.807) is 0 Å². The van der Waals surface area contributed by atoms with E-state index in [2.05, 4.69) is 26.1 Å². The van der Waals surface area contributed by atoms with Crippen LogP contribution in [-0.2, 0) is 4.74 Å². The molecular formula is C20H30N2O3. The summed E-state index contributed by atoms with van der Waals surface area (Å²) >= 11 is 0. The maximum atomic E-state index is 12.6. The number of urea groups is 1. The van der Waals surface area contributed by atoms with E-state index in [-0.39, 0.29) is 11.6 Å². The van der Waals surface area contributed by atoms with Crippen molar-refractivity contribution < 1.29 is 14.3 Å². The zero-order chi connectivity index (χ0) is 17.9. The average molecular weight is 346 g/mol. The highest BCUT2D eigenvalue weighted by Crippen LogP contribution is 2.37. The van der Waals surface area contributed by atoms with Gasteiger partial charge in [-0.15, -0.1) is 0 Å². The summed E-state index contributed by atoms with van der Waals surface area (Å²) in [5, 5.41) is 3.04. The van der Waals surface area contributed by atoms with Crippen LogP contribution in [-0.4, -0.2) is 42.8 Å². The molecule has 1 N–H and O–H groups in total. The molecule has 0 radical (unpaired) electrons. The van der Waals surface area contributed by atoms with Gasteiger partial charge < -0.3 is 19.7 Å². The molecule has 138 valence electrons. The number of nitrogens with one attached hydrogen (secondary N) is 1. The molecule has 25 heavy (non-hydrogen) atoms. The minimum absolute atomic E-state index is 0.0221. The Morgan fingerprint density at radius 1 is 1.32 bits per heavy atom. The maximum Gasteiger partial charge on any atom is 0.321 e. The van der Waals surface area contributed by atoms with Gasteiger partial charge in [0, 0.05) is 18.8 Å². The number of benzene rings is 1. The Balaban J connectivity index is 1.61. The number of carbonyl (C=O) groups excluding carboxylic acids is 1. The Bertz CT molecular complexity index is 601. The third kappa shape index (κ3) is 4.09. The second kappa shape index (κ2) is 7.65. The van der Waals surface area contributed by atoms with Crippen LogP contribution in [0.25, 0.3) is 0 Å². The van der Waals surface area contributed by atoms with Crippen LogP contribution in [0.3, 0.4) is 0 Å². The van der Waals surface area contributed by atoms with Crippen LogP contribution >= 0.6 is 0 Å². The van der Waals surface area contributed by atoms with Gasteiger partial charge in [0.05, 0.1) is 18.8 Å². The number of rotatable bonds is 5. The number of ether oxygens (including phenoxy) is 2. The minimum atomic E-state index is -0.0221. The number of carbonyl (C=O) groups is 1. The molecule has 1 aromatic rings. The van der Waals surface area contributed by atoms with Crippen LogP contribution in [0.15, 0.2) is 18.2 Å². The first-order valence-corrected chi connectivity index (χ1v) is 9.49. The molecule has 2 amide bonds. The molecule has 1 aromatic carbocycles. The van der Waals surface area contributed by atoms with E-state index >= 15 is 0 Å². The molecule has 2 heterocycles. The van der Waals surface area contributed by atoms with Crippen LogP contribution in [0.4, 0.5) is 10.5 Å². The highest BCUT2D eigenvalue weighted by atomic mass is 16.5. The molecule has 2 fully saturated rings. The summed E-state index contributed by atoms with van der Waals surface area (Å²) in [5.74, 6) is 1.26. The fraction of sp³-hybridized carbons (Fsp3) is 0.650. The van der Waals surface area contributed by atoms with Crippen molar-refractivity contribution in [2.24, 2.45) is 0 Å². The van der Waals surface area contributed by atoms with Crippen molar-refractivity contribution in [1.29, 1.82) is 0 Å². The van der Waals surface area contributed by atoms with Gasteiger partial charge in [0.1, 0.15) is 5.75 Å². The average Bonchev–Trinajstić information content (AvgIpc) is 2.59. The van der Waals surface area contributed by atoms with Crippen molar-refractivity contribution in [2.45, 2.75) is 58.0 Å². The van der Waals surface area contributed by atoms with Gasteiger partial charge in [0.2, 0.25) is 0 Å². The molecule has 5 nitrogen and oxygen atoms in total. The van der Waals surface area contributed by atoms with Gasteiger partial charge in [-0.05, 0) is 55.4 Å². The summed E-state index contributed by atoms with van der Waals surface area (Å²) < 4.78 is 11.5. The quantitative estimate of drug-likeness (QED) is 0.860. The van der Waals surface area contributed by atoms with E-state index in [0.29, 0.717) is 12.5 Å². The van der Waals surface area contributed by atoms with Gasteiger partial charge in [-0.25, -0.2) is 4.79 Å². The summed E-state index contributed by atoms with van der Waals surface area (Å²) in [7, 11) is 0. The number of likely N-dealkylation sites (tertiary alicyclic amines) is 1. The van der Waals surface area contributed by atoms with Gasteiger partial charge in [-0.1, -0.05) is 20.8 Å². The summed E-state index contributed by atoms with van der Waals surface area (Å²) in [5.41, 5.74) is 2.03. The molecule has 5 heteroatoms. The second-order valence-corrected chi connectivity index (χ2v) is 7.45. The highest BCUT2D eigenvalue weighted by Gasteiger charge is 2.41. The summed E-state index contributed by atoms with van der Waals surface area (Å²) in [6.07, 6.45) is 4.01. The normalized spacial score (nSPS) is 19.0. The summed E-state index contributed by atoms with van der Waals surface area (Å²) in [6.45, 7) is 9.49. The molecule has 0 atom stereocenters. The first-order chi connectivity index (χ1) is 12.0. The monoisotopic (exact) mass is 346 g/mol. The van der Waals surface area contributed by atoms with Crippen molar-refractivity contribution in [1.82, 2.24) is 4.90 Å². The first kappa shape index (κ1) is 18.1. The van der Waals surface area contributed by atoms with Crippen LogP contribution in [0.5, 0.6) is 5.75 Å². The van der Waals surface area contributed by atoms with Crippen molar-refractivity contribution in [3.05, 3.63) is 23.8 Å². The first-order valence-electron chi connectivity index (χ1n) is 9.49. The largest absolute Gasteiger partial charge is 0.493 e. The second-order valence-electron chi connectivity index (χ2n) is 7.45. The molecule has 0 aliphatic carbocycles. The lowest BCUT2D eigenvalue weighted by Crippen LogP contribution is -2.54. The Labute approximate surface area is 150 Å². The lowest BCUT2D eigenvalue weighted by Gasteiger charge is -2.47. The molecule has 0 unspecified atom stereocenters. The molecule has 0 saturated carbocycles. The van der Waals surface area contributed by atoms with Crippen LogP contribution in [0.2, 0.25) is 0 Å². The smallest absolute Gasteiger partial charge is 0.321 e. The van der Waals surface area contributed by atoms with E-state index in [9.17, 15) is 4.79 Å². The van der Waals surface area contributed by atoms with Gasteiger partial charge in [0.25, 0.3) is 0 Å². The van der Waals surface area contributed by atoms with Crippen LogP contribution < -0.4 is 10.1 Å². The topological polar surface area (TPSA) is 50.8 Å². The molecule has 0 bridgehead atoms. The number of anilines is 1. The highest BCUT2D eigenvalue weighted by molar-refractivity contribution is 5.89. The van der Waals surface area contributed by atoms with Crippen molar-refractivity contribution >= 4 is 11.7 Å². The number of hydrogen-bond donors (Lipinski definition) is 1. The van der Waals surface area contributed by atoms with Crippen molar-refractivity contribution in [3.8, 4) is 5.75 Å². The van der Waals surface area contributed by atoms with Gasteiger partial charge in [0.15, 0.2) is 0 Å². The Morgan fingerprint density at radius 3 is 2.60 bits per heavy atom. The molecule has 0 aromatic heterocycles. The lowest BCUT2D eigenvalue weighted by molar-refractivity contribution is -0.168. The fourth-order valence-corrected chi connectivity index (χ4v) is 3.53. The van der Waals surface area contributed by atoms with Crippen LogP contribution in [0, 0.1) is 0 Å². The van der Waals surface area contributed by atoms with Crippen LogP contribution in [0.1, 0.15) is 57.9 Å². The molecule has 2 aliphatic heterocycles. The van der Waals surface area contributed by atoms with E-state index in [1.165, 1.54) is 0 Å². The third-order valence-electron chi connectivity index (χ3n) is 5.27. The van der Waals surface area contributed by atoms with Gasteiger partial charge in [-0.2, -0.15) is 0 Å². The zero-order valence-electron chi connectivity index (χ0n) is 15.6. The van der Waals surface area contributed by atoms with Crippen molar-refractivity contribution in [2.75, 3.05) is 31.6 Å². The maximum absolute atomic E-state index is 12.6. The van der Waals surface area contributed by atoms with Gasteiger partial charge >= 0.3 is 6.03 Å². The van der Waals surface area contributed by atoms with Gasteiger partial charge in [-0.3, -0.25) is 0 Å². The Morgan fingerprint density at radius 2 is 2.04 bits per heavy atom. The third-order valence-corrected chi connectivity index (χ3v) is 5.27. The Hall–Kier alpha value is -1.75. The predicted molar refractivity (Wildman–Crippen MR) is 99.4 cm³/mol. The van der Waals surface area contributed by atoms with E-state index in [4.69, 9.17) is 9.47 Å². The fourth-order valence-electron chi connectivity index (χ4n) is 3.53. The molecule has 3 rings (SSSR count). The predicted octanol–water partition coefficient (Wildman–Crippen LogP) is 4.39. The molecule has 2 saturated heterocycles. The standard InChI is InChI=1S/C20H30N2O3/c1-4-12-24-18-6-5-16(14-17(18)15(2)3)21-19(23)22-10-7-20(8-11-22)9-13-25-20/h5-6,14-15H,4,7-13H2,1-3H3,(H,21,23). The Kier molecular flexibility index (Phi) is 5.52. The van der Waals surface area contributed by atoms with E-state index < -0.39 is 0 Å². The molecule has 1 spiro atoms. The zero-order valence-corrected chi connectivity index (χ0v) is 15.6. The molecular weight excluding hydrogens is 316 g/mol. The number of nitrogens with zero attached hydrogens (tertiary/aromatic N) is 1. The number of hydrogen-bond acceptors (Lipinski definition) is 3. The summed E-state index contributed by atoms with van der Waals surface area (Å²) in [6, 6.07) is 5.91. The lowest BCUT2D eigenvalue weighted by atomic mass is 9.84. The minimum Gasteiger partial charge on any atom is -0.493 e. The van der Waals surface area contributed by atoms with E-state index in [0.717, 1.165) is 62.4 Å². The number of amides is 2. The SMILES string of the molecule is CCCOc1ccc(NC(=O)N2CCC3(CCO3)CC2)cc1C(C)C. The molecule has 2 aliphatic rings. The van der Waals surface area contributed by atoms with E-state index in [1.807, 2.05) is 23.1 Å².